The van der Waals surface area contributed by atoms with Crippen LogP contribution in [0.2, 0.25) is 0 Å². The number of unbranched alkanes of at least 4 members (excludes halogenated alkanes) is 36. The molecule has 3 aliphatic heterocycles. The van der Waals surface area contributed by atoms with Crippen LogP contribution in [0.1, 0.15) is 277 Å². The van der Waals surface area contributed by atoms with Crippen molar-refractivity contribution in [2.24, 2.45) is 0 Å². The molecular formula is C71H131NO18. The van der Waals surface area contributed by atoms with Gasteiger partial charge >= 0.3 is 0 Å². The number of rotatable bonds is 56. The number of carbonyl (C=O) groups is 1. The molecule has 17 atom stereocenters. The van der Waals surface area contributed by atoms with Crippen LogP contribution in [-0.2, 0) is 33.2 Å². The lowest BCUT2D eigenvalue weighted by atomic mass is 9.96. The van der Waals surface area contributed by atoms with Gasteiger partial charge < -0.3 is 89.9 Å². The van der Waals surface area contributed by atoms with Gasteiger partial charge in [-0.3, -0.25) is 4.79 Å². The van der Waals surface area contributed by atoms with Crippen molar-refractivity contribution in [2.75, 3.05) is 26.4 Å². The molecule has 528 valence electrons. The summed E-state index contributed by atoms with van der Waals surface area (Å²) in [4.78, 5) is 13.4. The number of aliphatic hydroxyl groups is 11. The van der Waals surface area contributed by atoms with Gasteiger partial charge in [0, 0.05) is 6.42 Å². The Morgan fingerprint density at radius 3 is 1.13 bits per heavy atom. The van der Waals surface area contributed by atoms with E-state index in [0.29, 0.717) is 6.42 Å². The van der Waals surface area contributed by atoms with E-state index >= 15 is 0 Å². The zero-order valence-corrected chi connectivity index (χ0v) is 55.9. The zero-order chi connectivity index (χ0) is 65.4. The Kier molecular flexibility index (Phi) is 48.6. The molecule has 12 N–H and O–H groups in total. The summed E-state index contributed by atoms with van der Waals surface area (Å²) >= 11 is 0. The summed E-state index contributed by atoms with van der Waals surface area (Å²) in [5, 5.41) is 121. The fraction of sp³-hybridized carbons (Fsp3) is 0.901. The van der Waals surface area contributed by atoms with E-state index in [4.69, 9.17) is 28.4 Å². The molecular weight excluding hydrogens is 1150 g/mol. The van der Waals surface area contributed by atoms with E-state index in [2.05, 4.69) is 43.5 Å². The quantitative estimate of drug-likeness (QED) is 0.0199. The van der Waals surface area contributed by atoms with Crippen molar-refractivity contribution in [3.8, 4) is 0 Å². The van der Waals surface area contributed by atoms with Gasteiger partial charge in [0.05, 0.1) is 38.6 Å². The van der Waals surface area contributed by atoms with E-state index < -0.39 is 124 Å². The number of hydrogen-bond acceptors (Lipinski definition) is 18. The molecule has 0 spiro atoms. The number of carbonyl (C=O) groups excluding carboxylic acids is 1. The Hall–Kier alpha value is -1.99. The maximum absolute atomic E-state index is 13.4. The van der Waals surface area contributed by atoms with Crippen LogP contribution in [0.4, 0.5) is 0 Å². The number of hydrogen-bond donors (Lipinski definition) is 12. The summed E-state index contributed by atoms with van der Waals surface area (Å²) in [6.45, 7) is 1.75. The van der Waals surface area contributed by atoms with Crippen LogP contribution < -0.4 is 5.32 Å². The smallest absolute Gasteiger partial charge is 0.220 e. The van der Waals surface area contributed by atoms with Crippen molar-refractivity contribution in [3.05, 3.63) is 36.5 Å². The molecule has 3 rings (SSSR count). The lowest BCUT2D eigenvalue weighted by molar-refractivity contribution is -0.379. The fourth-order valence-corrected chi connectivity index (χ4v) is 12.3. The van der Waals surface area contributed by atoms with Gasteiger partial charge in [-0.05, 0) is 51.4 Å². The van der Waals surface area contributed by atoms with Gasteiger partial charge in [0.1, 0.15) is 73.2 Å². The second-order valence-electron chi connectivity index (χ2n) is 26.1. The predicted octanol–water partition coefficient (Wildman–Crippen LogP) is 10.00. The van der Waals surface area contributed by atoms with Crippen molar-refractivity contribution in [1.29, 1.82) is 0 Å². The molecule has 19 nitrogen and oxygen atoms in total. The summed E-state index contributed by atoms with van der Waals surface area (Å²) in [6.07, 6.45) is 35.4. The first-order valence-electron chi connectivity index (χ1n) is 36.2. The van der Waals surface area contributed by atoms with Crippen LogP contribution >= 0.6 is 0 Å². The van der Waals surface area contributed by atoms with Crippen molar-refractivity contribution in [3.63, 3.8) is 0 Å². The second-order valence-corrected chi connectivity index (χ2v) is 26.1. The Morgan fingerprint density at radius 2 is 0.733 bits per heavy atom. The fourth-order valence-electron chi connectivity index (χ4n) is 12.3. The SMILES string of the molecule is CCCCCCC/C=C\C/C=C\CCCCCCCCCCCCCCCCCC(=O)NC(COC1OC(CO)C(OC2OC(CO)C(OC3OC(CO)C(O)C(O)C3O)C(O)C2O)C(O)C1O)C(O)/C=C/CCCCCCCCCCCCCCCCCC. The van der Waals surface area contributed by atoms with Crippen LogP contribution in [0.25, 0.3) is 0 Å². The molecule has 0 radical (unpaired) electrons. The highest BCUT2D eigenvalue weighted by molar-refractivity contribution is 5.76. The number of ether oxygens (including phenoxy) is 6. The van der Waals surface area contributed by atoms with E-state index in [0.717, 1.165) is 51.4 Å². The van der Waals surface area contributed by atoms with E-state index in [9.17, 15) is 61.0 Å². The Labute approximate surface area is 542 Å². The molecule has 3 heterocycles. The van der Waals surface area contributed by atoms with Crippen LogP contribution in [0.15, 0.2) is 36.5 Å². The highest BCUT2D eigenvalue weighted by atomic mass is 16.8. The minimum Gasteiger partial charge on any atom is -0.394 e. The molecule has 0 aliphatic carbocycles. The Bertz CT molecular complexity index is 1780. The first kappa shape index (κ1) is 82.2. The average molecular weight is 1290 g/mol. The van der Waals surface area contributed by atoms with Gasteiger partial charge in [0.25, 0.3) is 0 Å². The summed E-state index contributed by atoms with van der Waals surface area (Å²) in [5.74, 6) is -0.273. The zero-order valence-electron chi connectivity index (χ0n) is 55.9. The lowest BCUT2D eigenvalue weighted by Gasteiger charge is -2.48. The van der Waals surface area contributed by atoms with Crippen LogP contribution in [0.3, 0.4) is 0 Å². The molecule has 0 aromatic rings. The molecule has 3 fully saturated rings. The largest absolute Gasteiger partial charge is 0.394 e. The molecule has 1 amide bonds. The van der Waals surface area contributed by atoms with Gasteiger partial charge in [0.2, 0.25) is 5.91 Å². The summed E-state index contributed by atoms with van der Waals surface area (Å²) < 4.78 is 34.4. The van der Waals surface area contributed by atoms with Crippen LogP contribution in [0.5, 0.6) is 0 Å². The normalized spacial score (nSPS) is 28.2. The number of nitrogens with one attached hydrogen (secondary N) is 1. The van der Waals surface area contributed by atoms with Gasteiger partial charge in [-0.25, -0.2) is 0 Å². The Morgan fingerprint density at radius 1 is 0.400 bits per heavy atom. The first-order valence-corrected chi connectivity index (χ1v) is 36.2. The molecule has 90 heavy (non-hydrogen) atoms. The van der Waals surface area contributed by atoms with Crippen molar-refractivity contribution < 1.29 is 89.4 Å². The minimum atomic E-state index is -1.98. The van der Waals surface area contributed by atoms with Gasteiger partial charge in [-0.1, -0.05) is 256 Å². The van der Waals surface area contributed by atoms with Crippen LogP contribution in [-0.4, -0.2) is 193 Å². The molecule has 3 saturated heterocycles. The van der Waals surface area contributed by atoms with E-state index in [1.807, 2.05) is 6.08 Å². The van der Waals surface area contributed by atoms with E-state index in [1.54, 1.807) is 6.08 Å². The van der Waals surface area contributed by atoms with Crippen molar-refractivity contribution >= 4 is 5.91 Å². The highest BCUT2D eigenvalue weighted by Gasteiger charge is 2.53. The van der Waals surface area contributed by atoms with E-state index in [1.165, 1.54) is 199 Å². The molecule has 0 bridgehead atoms. The number of allylic oxidation sites excluding steroid dienone is 5. The van der Waals surface area contributed by atoms with Gasteiger partial charge in [0.15, 0.2) is 18.9 Å². The molecule has 0 aromatic carbocycles. The molecule has 0 saturated carbocycles. The third-order valence-electron chi connectivity index (χ3n) is 18.2. The average Bonchev–Trinajstić information content (AvgIpc) is 0.866. The molecule has 3 aliphatic rings. The van der Waals surface area contributed by atoms with Gasteiger partial charge in [-0.15, -0.1) is 0 Å². The maximum atomic E-state index is 13.4. The van der Waals surface area contributed by atoms with Crippen molar-refractivity contribution in [1.82, 2.24) is 5.32 Å². The molecule has 0 aromatic heterocycles. The maximum Gasteiger partial charge on any atom is 0.220 e. The monoisotopic (exact) mass is 1290 g/mol. The van der Waals surface area contributed by atoms with Gasteiger partial charge in [-0.2, -0.15) is 0 Å². The summed E-state index contributed by atoms with van der Waals surface area (Å²) in [6, 6.07) is -0.973. The summed E-state index contributed by atoms with van der Waals surface area (Å²) in [7, 11) is 0. The third kappa shape index (κ3) is 34.6. The summed E-state index contributed by atoms with van der Waals surface area (Å²) in [5.41, 5.74) is 0. The first-order chi connectivity index (χ1) is 43.8. The topological polar surface area (TPSA) is 307 Å². The standard InChI is InChI=1S/C71H131NO18/c1-3-5-7-9-11-13-15-17-19-21-23-24-25-26-27-28-29-30-31-33-35-37-39-41-43-45-47-49-59(77)72-54(55(76)48-46-44-42-40-38-36-34-32-22-20-18-16-14-12-10-8-6-4-2)53-85-69-65(83)62(80)67(57(51-74)87-69)90-71-66(84)63(81)68(58(52-75)88-71)89-70-64(82)61(79)60(78)56(50-73)86-70/h15,17,21,23,46,48,54-58,60-71,73-76,78-84H,3-14,16,18-20,22,24-45,47,49-53H2,1-2H3,(H,72,77)/b17-15-,23-21-,48-46+. The predicted molar refractivity (Wildman–Crippen MR) is 351 cm³/mol. The second kappa shape index (κ2) is 53.2. The van der Waals surface area contributed by atoms with Crippen molar-refractivity contribution in [2.45, 2.75) is 381 Å². The lowest BCUT2D eigenvalue weighted by Crippen LogP contribution is -2.66. The Balaban J connectivity index is 1.41. The third-order valence-corrected chi connectivity index (χ3v) is 18.2. The van der Waals surface area contributed by atoms with E-state index in [-0.39, 0.29) is 18.9 Å². The molecule has 17 unspecified atom stereocenters. The number of amides is 1. The highest BCUT2D eigenvalue weighted by Crippen LogP contribution is 2.33. The minimum absolute atomic E-state index is 0.245. The van der Waals surface area contributed by atoms with Crippen LogP contribution in [0, 0.1) is 0 Å². The number of aliphatic hydroxyl groups excluding tert-OH is 11. The molecule has 19 heteroatoms.